The van der Waals surface area contributed by atoms with Crippen molar-refractivity contribution in [1.82, 2.24) is 4.90 Å². The van der Waals surface area contributed by atoms with Gasteiger partial charge in [0, 0.05) is 6.04 Å². The van der Waals surface area contributed by atoms with Crippen LogP contribution < -0.4 is 0 Å². The molecule has 0 aromatic heterocycles. The van der Waals surface area contributed by atoms with Gasteiger partial charge in [-0.05, 0) is 38.8 Å². The number of likely N-dealkylation sites (tertiary alicyclic amines) is 1. The van der Waals surface area contributed by atoms with Crippen LogP contribution in [0.25, 0.3) is 0 Å². The zero-order valence-electron chi connectivity index (χ0n) is 9.97. The molecule has 1 aliphatic heterocycles. The predicted molar refractivity (Wildman–Crippen MR) is 61.1 cm³/mol. The summed E-state index contributed by atoms with van der Waals surface area (Å²) in [7, 11) is 0. The Bertz CT molecular complexity index is 95.3. The monoisotopic (exact) mass is 185 g/mol. The second kappa shape index (κ2) is 8.55. The highest BCUT2D eigenvalue weighted by Crippen LogP contribution is 2.17. The van der Waals surface area contributed by atoms with Gasteiger partial charge in [-0.3, -0.25) is 0 Å². The zero-order valence-corrected chi connectivity index (χ0v) is 9.97. The molecule has 80 valence electrons. The molecular weight excluding hydrogens is 158 g/mol. The Morgan fingerprint density at radius 3 is 2.00 bits per heavy atom. The Hall–Kier alpha value is -0.0400. The first-order chi connectivity index (χ1) is 6.38. The van der Waals surface area contributed by atoms with E-state index in [0.717, 1.165) is 6.04 Å². The summed E-state index contributed by atoms with van der Waals surface area (Å²) in [6.45, 7) is 11.3. The molecule has 1 aliphatic rings. The molecule has 1 heterocycles. The van der Waals surface area contributed by atoms with E-state index in [1.165, 1.54) is 45.2 Å². The Balaban J connectivity index is 0.000000671. The van der Waals surface area contributed by atoms with Crippen LogP contribution in [0, 0.1) is 0 Å². The summed E-state index contributed by atoms with van der Waals surface area (Å²) in [5.74, 6) is 0. The molecule has 1 fully saturated rings. The van der Waals surface area contributed by atoms with Gasteiger partial charge < -0.3 is 4.90 Å². The third-order valence-electron chi connectivity index (χ3n) is 2.75. The summed E-state index contributed by atoms with van der Waals surface area (Å²) in [5, 5.41) is 0. The van der Waals surface area contributed by atoms with Crippen molar-refractivity contribution in [2.24, 2.45) is 0 Å². The number of hydrogen-bond acceptors (Lipinski definition) is 1. The van der Waals surface area contributed by atoms with E-state index in [0.29, 0.717) is 0 Å². The van der Waals surface area contributed by atoms with Gasteiger partial charge in [0.05, 0.1) is 0 Å². The van der Waals surface area contributed by atoms with E-state index in [1.807, 2.05) is 13.8 Å². The topological polar surface area (TPSA) is 3.24 Å². The molecule has 0 aromatic carbocycles. The molecule has 1 heteroatoms. The maximum Gasteiger partial charge on any atom is 0.00925 e. The molecule has 1 nitrogen and oxygen atoms in total. The van der Waals surface area contributed by atoms with E-state index in [4.69, 9.17) is 0 Å². The Morgan fingerprint density at radius 2 is 1.62 bits per heavy atom. The van der Waals surface area contributed by atoms with Crippen LogP contribution in [0.4, 0.5) is 0 Å². The van der Waals surface area contributed by atoms with Crippen molar-refractivity contribution in [1.29, 1.82) is 0 Å². The van der Waals surface area contributed by atoms with E-state index in [-0.39, 0.29) is 0 Å². The van der Waals surface area contributed by atoms with E-state index in [1.54, 1.807) is 0 Å². The Labute approximate surface area is 84.5 Å². The quantitative estimate of drug-likeness (QED) is 0.645. The lowest BCUT2D eigenvalue weighted by Crippen LogP contribution is -2.31. The summed E-state index contributed by atoms with van der Waals surface area (Å²) in [6, 6.07) is 0.891. The molecule has 1 saturated heterocycles. The molecule has 0 amide bonds. The van der Waals surface area contributed by atoms with Crippen molar-refractivity contribution in [2.75, 3.05) is 13.1 Å². The highest BCUT2D eigenvalue weighted by Gasteiger charge is 2.18. The zero-order chi connectivity index (χ0) is 10.1. The highest BCUT2D eigenvalue weighted by atomic mass is 15.2. The molecule has 0 aromatic rings. The van der Waals surface area contributed by atoms with Crippen molar-refractivity contribution < 1.29 is 0 Å². The van der Waals surface area contributed by atoms with Gasteiger partial charge in [0.1, 0.15) is 0 Å². The van der Waals surface area contributed by atoms with Gasteiger partial charge in [-0.25, -0.2) is 0 Å². The summed E-state index contributed by atoms with van der Waals surface area (Å²) in [6.07, 6.45) is 6.94. The maximum atomic E-state index is 2.67. The Kier molecular flexibility index (Phi) is 8.53. The lowest BCUT2D eigenvalue weighted by atomic mass is 10.1. The Morgan fingerprint density at radius 1 is 1.08 bits per heavy atom. The van der Waals surface area contributed by atoms with Gasteiger partial charge in [-0.2, -0.15) is 0 Å². The van der Waals surface area contributed by atoms with E-state index < -0.39 is 0 Å². The molecule has 0 radical (unpaired) electrons. The predicted octanol–water partition coefficient (Wildman–Crippen LogP) is 3.69. The molecule has 0 N–H and O–H groups in total. The van der Waals surface area contributed by atoms with Crippen molar-refractivity contribution in [3.05, 3.63) is 0 Å². The minimum absolute atomic E-state index is 0.891. The molecule has 1 atom stereocenters. The van der Waals surface area contributed by atoms with E-state index in [2.05, 4.69) is 18.7 Å². The van der Waals surface area contributed by atoms with Gasteiger partial charge in [-0.15, -0.1) is 0 Å². The maximum absolute atomic E-state index is 2.67. The second-order valence-electron chi connectivity index (χ2n) is 3.59. The molecule has 0 aliphatic carbocycles. The van der Waals surface area contributed by atoms with Crippen molar-refractivity contribution in [3.63, 3.8) is 0 Å². The van der Waals surface area contributed by atoms with Crippen LogP contribution in [0.2, 0.25) is 0 Å². The van der Waals surface area contributed by atoms with Gasteiger partial charge in [0.2, 0.25) is 0 Å². The molecular formula is C12H27N. The number of nitrogens with zero attached hydrogens (tertiary/aromatic N) is 1. The fraction of sp³-hybridized carbons (Fsp3) is 1.00. The van der Waals surface area contributed by atoms with Gasteiger partial charge in [-0.1, -0.05) is 34.1 Å². The summed E-state index contributed by atoms with van der Waals surface area (Å²) in [4.78, 5) is 2.67. The summed E-state index contributed by atoms with van der Waals surface area (Å²) < 4.78 is 0. The van der Waals surface area contributed by atoms with Gasteiger partial charge in [0.15, 0.2) is 0 Å². The summed E-state index contributed by atoms with van der Waals surface area (Å²) >= 11 is 0. The van der Waals surface area contributed by atoms with Crippen LogP contribution in [0.5, 0.6) is 0 Å². The lowest BCUT2D eigenvalue weighted by Gasteiger charge is -2.25. The average molecular weight is 185 g/mol. The SMILES string of the molecule is CC.CCCC(CC)N1CCCC1. The van der Waals surface area contributed by atoms with Crippen LogP contribution in [-0.4, -0.2) is 24.0 Å². The van der Waals surface area contributed by atoms with E-state index in [9.17, 15) is 0 Å². The van der Waals surface area contributed by atoms with Gasteiger partial charge >= 0.3 is 0 Å². The first-order valence-electron chi connectivity index (χ1n) is 6.12. The smallest absolute Gasteiger partial charge is 0.00925 e. The molecule has 1 unspecified atom stereocenters. The summed E-state index contributed by atoms with van der Waals surface area (Å²) in [5.41, 5.74) is 0. The standard InChI is InChI=1S/C10H21N.C2H6/c1-3-7-10(4-2)11-8-5-6-9-11;1-2/h10H,3-9H2,1-2H3;1-2H3. The van der Waals surface area contributed by atoms with Crippen molar-refractivity contribution >= 4 is 0 Å². The lowest BCUT2D eigenvalue weighted by molar-refractivity contribution is 0.223. The normalized spacial score (nSPS) is 19.4. The first-order valence-corrected chi connectivity index (χ1v) is 6.12. The van der Waals surface area contributed by atoms with Crippen molar-refractivity contribution in [3.8, 4) is 0 Å². The third kappa shape index (κ3) is 4.66. The largest absolute Gasteiger partial charge is 0.300 e. The fourth-order valence-electron chi connectivity index (χ4n) is 2.08. The van der Waals surface area contributed by atoms with Crippen LogP contribution in [0.15, 0.2) is 0 Å². The molecule has 0 bridgehead atoms. The minimum atomic E-state index is 0.891. The van der Waals surface area contributed by atoms with Gasteiger partial charge in [0.25, 0.3) is 0 Å². The van der Waals surface area contributed by atoms with E-state index >= 15 is 0 Å². The van der Waals surface area contributed by atoms with Crippen molar-refractivity contribution in [2.45, 2.75) is 65.8 Å². The van der Waals surface area contributed by atoms with Crippen LogP contribution >= 0.6 is 0 Å². The second-order valence-corrected chi connectivity index (χ2v) is 3.59. The molecule has 0 spiro atoms. The number of rotatable bonds is 4. The average Bonchev–Trinajstić information content (AvgIpc) is 2.70. The molecule has 1 rings (SSSR count). The first kappa shape index (κ1) is 13.0. The number of hydrogen-bond donors (Lipinski definition) is 0. The molecule has 13 heavy (non-hydrogen) atoms. The van der Waals surface area contributed by atoms with Crippen LogP contribution in [-0.2, 0) is 0 Å². The minimum Gasteiger partial charge on any atom is -0.300 e. The molecule has 0 saturated carbocycles. The third-order valence-corrected chi connectivity index (χ3v) is 2.75. The highest BCUT2D eigenvalue weighted by molar-refractivity contribution is 4.74. The fourth-order valence-corrected chi connectivity index (χ4v) is 2.08. The van der Waals surface area contributed by atoms with Crippen LogP contribution in [0.1, 0.15) is 59.8 Å². The van der Waals surface area contributed by atoms with Crippen LogP contribution in [0.3, 0.4) is 0 Å².